The number of nitrogens with one attached hydrogen (secondary N) is 1. The number of carbonyl (C=O) groups excluding carboxylic acids is 2. The number of rotatable bonds is 4. The summed E-state index contributed by atoms with van der Waals surface area (Å²) < 4.78 is 0. The van der Waals surface area contributed by atoms with E-state index in [2.05, 4.69) is 24.1 Å². The minimum Gasteiger partial charge on any atom is -0.332 e. The van der Waals surface area contributed by atoms with Gasteiger partial charge in [0.15, 0.2) is 5.13 Å². The zero-order valence-corrected chi connectivity index (χ0v) is 16.6. The summed E-state index contributed by atoms with van der Waals surface area (Å²) in [7, 11) is 0. The van der Waals surface area contributed by atoms with E-state index in [1.165, 1.54) is 11.3 Å². The molecule has 1 atom stereocenters. The van der Waals surface area contributed by atoms with Crippen molar-refractivity contribution in [2.45, 2.75) is 51.0 Å². The van der Waals surface area contributed by atoms with Crippen molar-refractivity contribution in [3.05, 3.63) is 47.0 Å². The number of carbonyl (C=O) groups is 2. The summed E-state index contributed by atoms with van der Waals surface area (Å²) in [6.07, 6.45) is 5.52. The van der Waals surface area contributed by atoms with E-state index in [0.29, 0.717) is 23.2 Å². The number of aromatic nitrogens is 1. The van der Waals surface area contributed by atoms with Crippen LogP contribution in [0.1, 0.15) is 61.4 Å². The summed E-state index contributed by atoms with van der Waals surface area (Å²) in [6, 6.07) is 7.62. The largest absolute Gasteiger partial charge is 0.332 e. The van der Waals surface area contributed by atoms with Crippen LogP contribution in [0.15, 0.2) is 35.8 Å². The number of hydrogen-bond acceptors (Lipinski definition) is 4. The molecular weight excluding hydrogens is 358 g/mol. The molecule has 0 bridgehead atoms. The van der Waals surface area contributed by atoms with Crippen molar-refractivity contribution in [2.24, 2.45) is 5.92 Å². The average molecular weight is 384 g/mol. The minimum atomic E-state index is -0.433. The van der Waals surface area contributed by atoms with Gasteiger partial charge in [-0.05, 0) is 30.4 Å². The Bertz CT molecular complexity index is 841. The molecule has 6 heteroatoms. The minimum absolute atomic E-state index is 0.0550. The zero-order valence-electron chi connectivity index (χ0n) is 15.8. The molecule has 142 valence electrons. The maximum absolute atomic E-state index is 13.4. The highest BCUT2D eigenvalue weighted by atomic mass is 32.1. The maximum Gasteiger partial charge on any atom is 0.254 e. The van der Waals surface area contributed by atoms with Gasteiger partial charge in [0.1, 0.15) is 0 Å². The molecule has 1 aromatic heterocycles. The zero-order chi connectivity index (χ0) is 19.0. The van der Waals surface area contributed by atoms with Gasteiger partial charge in [0.2, 0.25) is 5.91 Å². The lowest BCUT2D eigenvalue weighted by Crippen LogP contribution is -2.60. The van der Waals surface area contributed by atoms with E-state index < -0.39 is 5.54 Å². The predicted octanol–water partition coefficient (Wildman–Crippen LogP) is 4.29. The molecule has 2 heterocycles. The van der Waals surface area contributed by atoms with E-state index in [1.54, 1.807) is 6.20 Å². The van der Waals surface area contributed by atoms with Crippen LogP contribution in [0, 0.1) is 5.92 Å². The molecule has 0 saturated heterocycles. The molecule has 1 N–H and O–H groups in total. The Balaban J connectivity index is 1.83. The molecule has 1 aliphatic heterocycles. The van der Waals surface area contributed by atoms with Crippen molar-refractivity contribution in [1.82, 2.24) is 9.88 Å². The standard InChI is InChI=1S/C21H25N3O2S/c1-14(2)13-24-19(26)16-8-4-3-7-15(16)17(21(24)9-5-6-10-21)18(25)23-20-22-11-12-27-20/h3-4,7-8,11-12,14,17H,5-6,9-10,13H2,1-2H3,(H,22,23,25)/t17-/m0/s1. The van der Waals surface area contributed by atoms with Gasteiger partial charge < -0.3 is 10.2 Å². The summed E-state index contributed by atoms with van der Waals surface area (Å²) >= 11 is 1.42. The first-order chi connectivity index (χ1) is 13.0. The molecule has 27 heavy (non-hydrogen) atoms. The topological polar surface area (TPSA) is 62.3 Å². The van der Waals surface area contributed by atoms with Crippen LogP contribution in [0.3, 0.4) is 0 Å². The van der Waals surface area contributed by atoms with Gasteiger partial charge in [0, 0.05) is 23.7 Å². The quantitative estimate of drug-likeness (QED) is 0.857. The highest BCUT2D eigenvalue weighted by Gasteiger charge is 2.55. The summed E-state index contributed by atoms with van der Waals surface area (Å²) in [6.45, 7) is 4.93. The molecule has 2 amide bonds. The lowest BCUT2D eigenvalue weighted by molar-refractivity contribution is -0.121. The molecule has 2 aromatic rings. The highest BCUT2D eigenvalue weighted by Crippen LogP contribution is 2.50. The Labute approximate surface area is 163 Å². The molecule has 1 saturated carbocycles. The van der Waals surface area contributed by atoms with Crippen molar-refractivity contribution in [2.75, 3.05) is 11.9 Å². The summed E-state index contributed by atoms with van der Waals surface area (Å²) in [5, 5.41) is 5.46. The van der Waals surface area contributed by atoms with Crippen molar-refractivity contribution in [3.63, 3.8) is 0 Å². The molecule has 1 spiro atoms. The molecule has 5 nitrogen and oxygen atoms in total. The molecule has 1 aliphatic carbocycles. The Morgan fingerprint density at radius 1 is 1.33 bits per heavy atom. The van der Waals surface area contributed by atoms with Crippen LogP contribution < -0.4 is 5.32 Å². The second-order valence-electron chi connectivity index (χ2n) is 7.97. The third-order valence-electron chi connectivity index (χ3n) is 5.76. The second-order valence-corrected chi connectivity index (χ2v) is 8.86. The van der Waals surface area contributed by atoms with Crippen LogP contribution in [0.25, 0.3) is 0 Å². The molecular formula is C21H25N3O2S. The SMILES string of the molecule is CC(C)CN1C(=O)c2ccccc2[C@@H](C(=O)Nc2nccs2)C12CCCC2. The Kier molecular flexibility index (Phi) is 4.76. The molecule has 1 fully saturated rings. The Morgan fingerprint density at radius 3 is 2.74 bits per heavy atom. The number of thiazole rings is 1. The van der Waals surface area contributed by atoms with Crippen molar-refractivity contribution < 1.29 is 9.59 Å². The van der Waals surface area contributed by atoms with Gasteiger partial charge in [-0.2, -0.15) is 0 Å². The van der Waals surface area contributed by atoms with Crippen molar-refractivity contribution >= 4 is 28.3 Å². The van der Waals surface area contributed by atoms with Crippen LogP contribution in [-0.2, 0) is 4.79 Å². The average Bonchev–Trinajstić information content (AvgIpc) is 3.32. The fourth-order valence-corrected chi connectivity index (χ4v) is 5.29. The van der Waals surface area contributed by atoms with E-state index in [1.807, 2.05) is 34.5 Å². The van der Waals surface area contributed by atoms with Crippen LogP contribution in [0.4, 0.5) is 5.13 Å². The maximum atomic E-state index is 13.4. The second kappa shape index (κ2) is 7.08. The fourth-order valence-electron chi connectivity index (χ4n) is 4.76. The van der Waals surface area contributed by atoms with Gasteiger partial charge in [-0.15, -0.1) is 11.3 Å². The molecule has 1 aromatic carbocycles. The smallest absolute Gasteiger partial charge is 0.254 e. The van der Waals surface area contributed by atoms with Gasteiger partial charge in [-0.25, -0.2) is 4.98 Å². The van der Waals surface area contributed by atoms with Gasteiger partial charge >= 0.3 is 0 Å². The summed E-state index contributed by atoms with van der Waals surface area (Å²) in [4.78, 5) is 33.1. The van der Waals surface area contributed by atoms with Crippen LogP contribution in [-0.4, -0.2) is 33.8 Å². The highest BCUT2D eigenvalue weighted by molar-refractivity contribution is 7.13. The number of hydrogen-bond donors (Lipinski definition) is 1. The summed E-state index contributed by atoms with van der Waals surface area (Å²) in [5.41, 5.74) is 1.09. The Hall–Kier alpha value is -2.21. The van der Waals surface area contributed by atoms with Crippen molar-refractivity contribution in [3.8, 4) is 0 Å². The summed E-state index contributed by atoms with van der Waals surface area (Å²) in [5.74, 6) is -0.00374. The Morgan fingerprint density at radius 2 is 2.07 bits per heavy atom. The monoisotopic (exact) mass is 383 g/mol. The molecule has 4 rings (SSSR count). The van der Waals surface area contributed by atoms with E-state index in [9.17, 15) is 9.59 Å². The van der Waals surface area contributed by atoms with Gasteiger partial charge in [-0.3, -0.25) is 9.59 Å². The molecule has 0 radical (unpaired) electrons. The van der Waals surface area contributed by atoms with Gasteiger partial charge in [0.25, 0.3) is 5.91 Å². The third kappa shape index (κ3) is 3.06. The van der Waals surface area contributed by atoms with E-state index in [4.69, 9.17) is 0 Å². The lowest BCUT2D eigenvalue weighted by atomic mass is 9.70. The molecule has 2 aliphatic rings. The lowest BCUT2D eigenvalue weighted by Gasteiger charge is -2.50. The van der Waals surface area contributed by atoms with Crippen LogP contribution in [0.2, 0.25) is 0 Å². The fraction of sp³-hybridized carbons (Fsp3) is 0.476. The van der Waals surface area contributed by atoms with Gasteiger partial charge in [0.05, 0.1) is 11.5 Å². The predicted molar refractivity (Wildman–Crippen MR) is 107 cm³/mol. The first kappa shape index (κ1) is 18.2. The number of nitrogens with zero attached hydrogens (tertiary/aromatic N) is 2. The molecule has 0 unspecified atom stereocenters. The number of fused-ring (bicyclic) bond motifs is 1. The third-order valence-corrected chi connectivity index (χ3v) is 6.45. The number of amides is 2. The first-order valence-electron chi connectivity index (χ1n) is 9.64. The van der Waals surface area contributed by atoms with Gasteiger partial charge in [-0.1, -0.05) is 44.9 Å². The number of anilines is 1. The van der Waals surface area contributed by atoms with Crippen molar-refractivity contribution in [1.29, 1.82) is 0 Å². The normalized spacial score (nSPS) is 20.9. The number of benzene rings is 1. The van der Waals surface area contributed by atoms with Crippen LogP contribution >= 0.6 is 11.3 Å². The van der Waals surface area contributed by atoms with E-state index in [-0.39, 0.29) is 17.7 Å². The first-order valence-corrected chi connectivity index (χ1v) is 10.5. The van der Waals surface area contributed by atoms with E-state index in [0.717, 1.165) is 31.2 Å². The van der Waals surface area contributed by atoms with E-state index >= 15 is 0 Å². The van der Waals surface area contributed by atoms with Crippen LogP contribution in [0.5, 0.6) is 0 Å².